The lowest BCUT2D eigenvalue weighted by atomic mass is 9.88. The lowest BCUT2D eigenvalue weighted by Crippen LogP contribution is -2.49. The molecule has 4 saturated heterocycles. The number of aliphatic hydroxyl groups is 1. The lowest BCUT2D eigenvalue weighted by Gasteiger charge is -2.37. The number of piperidine rings is 3. The Balaban J connectivity index is 0.753. The van der Waals surface area contributed by atoms with Gasteiger partial charge in [-0.25, -0.2) is 19.9 Å². The molecule has 0 radical (unpaired) electrons. The van der Waals surface area contributed by atoms with Crippen LogP contribution >= 0.6 is 0 Å². The number of aromatic nitrogens is 4. The largest absolute Gasteiger partial charge is 0.381 e. The number of nitrogens with zero attached hydrogens (tertiary/aromatic N) is 7. The number of fused-ring (bicyclic) bond motifs is 3. The predicted molar refractivity (Wildman–Crippen MR) is 231 cm³/mol. The molecular weight excluding hydrogens is 775 g/mol. The summed E-state index contributed by atoms with van der Waals surface area (Å²) in [5.41, 5.74) is 11.6. The molecule has 1 saturated carbocycles. The lowest BCUT2D eigenvalue weighted by molar-refractivity contribution is -0.128. The van der Waals surface area contributed by atoms with Gasteiger partial charge in [0.1, 0.15) is 12.0 Å². The van der Waals surface area contributed by atoms with Gasteiger partial charge in [-0.05, 0) is 118 Å². The predicted octanol–water partition coefficient (Wildman–Crippen LogP) is 5.35. The molecule has 3 unspecified atom stereocenters. The van der Waals surface area contributed by atoms with E-state index in [1.54, 1.807) is 11.1 Å². The summed E-state index contributed by atoms with van der Waals surface area (Å²) in [4.78, 5) is 60.5. The zero-order chi connectivity index (χ0) is 41.8. The quantitative estimate of drug-likeness (QED) is 0.121. The van der Waals surface area contributed by atoms with Crippen LogP contribution in [-0.2, 0) is 4.79 Å². The second-order valence-corrected chi connectivity index (χ2v) is 17.9. The highest BCUT2D eigenvalue weighted by molar-refractivity contribution is 6.09. The topological polar surface area (TPSA) is 202 Å². The van der Waals surface area contributed by atoms with E-state index >= 15 is 0 Å². The van der Waals surface area contributed by atoms with Crippen LogP contribution in [0.15, 0.2) is 53.3 Å². The standard InChI is InChI=1S/C45H55N11O5/c1-53-19-20-56(45(53)60)31-3-2-16-55(25-31)36-23-48-40(42(46)58)43(50-36)49-30-8-6-27(7-9-30)28-13-17-54(18-14-28)24-26-4-5-29(21-26)34-22-35-32(12-15-47-35)38-39(52-61-41(34)38)33-10-11-37(57)51-44(33)59/h6-9,12,15,22-23,26,28-29,31,33,37,52,57H,2-5,10-11,13-14,16-21,24-25H2,1H3,(H2,46,58)(H,49,50)(H,51,59)/t26-,29?,31-,33?,37?/m1/s1. The van der Waals surface area contributed by atoms with Crippen molar-refractivity contribution in [3.63, 3.8) is 0 Å². The zero-order valence-electron chi connectivity index (χ0n) is 34.7. The summed E-state index contributed by atoms with van der Waals surface area (Å²) in [7, 11) is 1.84. The number of aliphatic hydroxyl groups excluding tert-OH is 1. The molecule has 5 aliphatic rings. The van der Waals surface area contributed by atoms with Crippen LogP contribution in [0.5, 0.6) is 0 Å². The second kappa shape index (κ2) is 16.3. The molecule has 2 aromatic carbocycles. The van der Waals surface area contributed by atoms with Crippen LogP contribution in [0.3, 0.4) is 0 Å². The van der Waals surface area contributed by atoms with Crippen LogP contribution in [-0.4, -0.2) is 123 Å². The minimum atomic E-state index is -0.807. The Hall–Kier alpha value is -5.74. The average molecular weight is 830 g/mol. The number of primary amides is 1. The number of anilines is 3. The number of amides is 4. The number of H-pyrrole nitrogens is 1. The van der Waals surface area contributed by atoms with E-state index in [1.807, 2.05) is 36.3 Å². The Kier molecular flexibility index (Phi) is 10.5. The Labute approximate surface area is 354 Å². The Bertz CT molecular complexity index is 2440. The van der Waals surface area contributed by atoms with E-state index in [0.29, 0.717) is 48.8 Å². The van der Waals surface area contributed by atoms with Gasteiger partial charge in [0.15, 0.2) is 17.1 Å². The fourth-order valence-electron chi connectivity index (χ4n) is 10.8. The summed E-state index contributed by atoms with van der Waals surface area (Å²) in [6, 6.07) is 12.8. The molecule has 16 heteroatoms. The fourth-order valence-corrected chi connectivity index (χ4v) is 10.8. The first-order chi connectivity index (χ1) is 29.7. The molecule has 6 N–H and O–H groups in total. The van der Waals surface area contributed by atoms with Crippen molar-refractivity contribution in [2.45, 2.75) is 87.8 Å². The van der Waals surface area contributed by atoms with Crippen molar-refractivity contribution in [2.75, 3.05) is 63.1 Å². The second-order valence-electron chi connectivity index (χ2n) is 17.9. The van der Waals surface area contributed by atoms with E-state index in [4.69, 9.17) is 15.2 Å². The van der Waals surface area contributed by atoms with Crippen molar-refractivity contribution >= 4 is 57.0 Å². The number of nitrogens with two attached hydrogens (primary N) is 1. The smallest absolute Gasteiger partial charge is 0.320 e. The van der Waals surface area contributed by atoms with Crippen molar-refractivity contribution in [3.05, 3.63) is 71.3 Å². The van der Waals surface area contributed by atoms with Crippen LogP contribution in [0.4, 0.5) is 22.1 Å². The summed E-state index contributed by atoms with van der Waals surface area (Å²) in [6.45, 7) is 6.11. The van der Waals surface area contributed by atoms with Crippen LogP contribution in [0.1, 0.15) is 103 Å². The van der Waals surface area contributed by atoms with Gasteiger partial charge < -0.3 is 45.6 Å². The van der Waals surface area contributed by atoms with Crippen LogP contribution < -0.4 is 21.3 Å². The number of aromatic amines is 1. The van der Waals surface area contributed by atoms with E-state index in [0.717, 1.165) is 117 Å². The Morgan fingerprint density at radius 2 is 1.80 bits per heavy atom. The first-order valence-corrected chi connectivity index (χ1v) is 22.1. The molecule has 4 amide bonds. The van der Waals surface area contributed by atoms with Gasteiger partial charge in [0.05, 0.1) is 34.8 Å². The van der Waals surface area contributed by atoms with E-state index in [1.165, 1.54) is 11.1 Å². The average Bonchev–Trinajstić information content (AvgIpc) is 4.09. The van der Waals surface area contributed by atoms with E-state index in [-0.39, 0.29) is 23.7 Å². The maximum Gasteiger partial charge on any atom is 0.320 e. The monoisotopic (exact) mass is 829 g/mol. The number of benzene rings is 2. The third kappa shape index (κ3) is 7.64. The van der Waals surface area contributed by atoms with Gasteiger partial charge in [-0.15, -0.1) is 0 Å². The minimum absolute atomic E-state index is 0.0710. The highest BCUT2D eigenvalue weighted by Gasteiger charge is 2.37. The molecule has 320 valence electrons. The number of rotatable bonds is 10. The first kappa shape index (κ1) is 39.4. The summed E-state index contributed by atoms with van der Waals surface area (Å²) in [6.07, 6.45) is 11.1. The third-order valence-corrected chi connectivity index (χ3v) is 14.1. The zero-order valence-corrected chi connectivity index (χ0v) is 34.7. The third-order valence-electron chi connectivity index (χ3n) is 14.1. The highest BCUT2D eigenvalue weighted by atomic mass is 16.5. The van der Waals surface area contributed by atoms with Crippen LogP contribution in [0, 0.1) is 5.92 Å². The van der Waals surface area contributed by atoms with Gasteiger partial charge in [0.25, 0.3) is 5.91 Å². The normalized spacial score (nSPS) is 25.5. The van der Waals surface area contributed by atoms with Gasteiger partial charge in [-0.1, -0.05) is 12.1 Å². The number of urea groups is 1. The molecule has 5 aromatic rings. The Morgan fingerprint density at radius 3 is 2.57 bits per heavy atom. The highest BCUT2D eigenvalue weighted by Crippen LogP contribution is 2.45. The molecule has 4 aliphatic heterocycles. The summed E-state index contributed by atoms with van der Waals surface area (Å²) in [5, 5.41) is 21.1. The summed E-state index contributed by atoms with van der Waals surface area (Å²) < 4.78 is 6.19. The molecule has 16 nitrogen and oxygen atoms in total. The van der Waals surface area contributed by atoms with Gasteiger partial charge in [0.2, 0.25) is 5.91 Å². The van der Waals surface area contributed by atoms with Crippen molar-refractivity contribution in [1.29, 1.82) is 0 Å². The van der Waals surface area contributed by atoms with Gasteiger partial charge in [-0.3, -0.25) is 14.6 Å². The number of carbonyl (C=O) groups excluding carboxylic acids is 3. The van der Waals surface area contributed by atoms with E-state index in [2.05, 4.69) is 53.8 Å². The van der Waals surface area contributed by atoms with E-state index in [9.17, 15) is 19.5 Å². The first-order valence-electron chi connectivity index (χ1n) is 22.1. The van der Waals surface area contributed by atoms with Crippen molar-refractivity contribution in [3.8, 4) is 0 Å². The molecule has 3 aromatic heterocycles. The molecule has 7 heterocycles. The summed E-state index contributed by atoms with van der Waals surface area (Å²) in [5.74, 6) is 1.16. The maximum atomic E-state index is 12.9. The summed E-state index contributed by atoms with van der Waals surface area (Å²) >= 11 is 0. The number of carbonyl (C=O) groups is 3. The SMILES string of the molecule is CN1CCN([C@@H]2CCCN(c3cnc(C(N)=O)c(Nc4ccc(C5CCN(C[C@@H]6CCC(c7cc8nccc8c8c(C9CCC(O)NC9=O)[nH]oc78)C6)CC5)cc4)n3)C2)C1=O. The van der Waals surface area contributed by atoms with Crippen molar-refractivity contribution < 1.29 is 24.0 Å². The molecule has 0 bridgehead atoms. The molecule has 5 fully saturated rings. The fraction of sp³-hybridized carbons (Fsp3) is 0.511. The number of hydrogen-bond donors (Lipinski definition) is 5. The van der Waals surface area contributed by atoms with Crippen molar-refractivity contribution in [2.24, 2.45) is 11.7 Å². The molecule has 5 atom stereocenters. The van der Waals surface area contributed by atoms with Crippen LogP contribution in [0.2, 0.25) is 0 Å². The van der Waals surface area contributed by atoms with E-state index < -0.39 is 18.1 Å². The molecule has 0 spiro atoms. The number of nitrogens with one attached hydrogen (secondary N) is 3. The molecule has 10 rings (SSSR count). The van der Waals surface area contributed by atoms with Gasteiger partial charge in [-0.2, -0.15) is 0 Å². The molecular formula is C45H55N11O5. The maximum absolute atomic E-state index is 12.9. The number of likely N-dealkylation sites (N-methyl/N-ethyl adjacent to an activating group) is 1. The molecule has 1 aliphatic carbocycles. The van der Waals surface area contributed by atoms with Crippen molar-refractivity contribution in [1.82, 2.24) is 40.1 Å². The minimum Gasteiger partial charge on any atom is -0.381 e. The Morgan fingerprint density at radius 1 is 0.967 bits per heavy atom. The van der Waals surface area contributed by atoms with Crippen LogP contribution in [0.25, 0.3) is 21.9 Å². The molecule has 61 heavy (non-hydrogen) atoms. The van der Waals surface area contributed by atoms with Gasteiger partial charge in [0, 0.05) is 62.6 Å². The number of likely N-dealkylation sites (tertiary alicyclic amines) is 1. The van der Waals surface area contributed by atoms with Gasteiger partial charge >= 0.3 is 6.03 Å². The number of hydrogen-bond acceptors (Lipinski definition) is 11.